The summed E-state index contributed by atoms with van der Waals surface area (Å²) >= 11 is 0. The average molecular weight is 310 g/mol. The quantitative estimate of drug-likeness (QED) is 0.801. The highest BCUT2D eigenvalue weighted by atomic mass is 19.1. The normalized spacial score (nSPS) is 17.8. The summed E-state index contributed by atoms with van der Waals surface area (Å²) in [6.07, 6.45) is 0.0482. The Labute approximate surface area is 128 Å². The van der Waals surface area contributed by atoms with Crippen LogP contribution in [0.25, 0.3) is 0 Å². The first-order chi connectivity index (χ1) is 10.6. The molecule has 1 aliphatic rings. The number of halogens is 1. The van der Waals surface area contributed by atoms with E-state index in [1.54, 1.807) is 0 Å². The number of ether oxygens (including phenoxy) is 2. The fraction of sp³-hybridized carbons (Fsp3) is 0.467. The minimum atomic E-state index is -0.398. The van der Waals surface area contributed by atoms with E-state index in [0.717, 1.165) is 0 Å². The second kappa shape index (κ2) is 8.45. The number of amides is 2. The molecule has 1 saturated heterocycles. The Hall–Kier alpha value is -1.99. The lowest BCUT2D eigenvalue weighted by Crippen LogP contribution is -2.40. The van der Waals surface area contributed by atoms with Crippen LogP contribution in [0.5, 0.6) is 0 Å². The number of rotatable bonds is 6. The van der Waals surface area contributed by atoms with Gasteiger partial charge in [-0.3, -0.25) is 9.59 Å². The van der Waals surface area contributed by atoms with Crippen LogP contribution in [0.2, 0.25) is 0 Å². The Morgan fingerprint density at radius 2 is 1.95 bits per heavy atom. The number of benzene rings is 1. The monoisotopic (exact) mass is 310 g/mol. The van der Waals surface area contributed by atoms with Gasteiger partial charge in [-0.2, -0.15) is 0 Å². The molecule has 1 fully saturated rings. The van der Waals surface area contributed by atoms with Crippen LogP contribution in [0, 0.1) is 5.82 Å². The van der Waals surface area contributed by atoms with Crippen molar-refractivity contribution in [1.29, 1.82) is 0 Å². The predicted octanol–water partition coefficient (Wildman–Crippen LogP) is 0.477. The van der Waals surface area contributed by atoms with E-state index in [9.17, 15) is 14.0 Å². The summed E-state index contributed by atoms with van der Waals surface area (Å²) in [6.45, 7) is 2.20. The predicted molar refractivity (Wildman–Crippen MR) is 76.9 cm³/mol. The maximum absolute atomic E-state index is 12.7. The minimum absolute atomic E-state index is 0.119. The smallest absolute Gasteiger partial charge is 0.251 e. The van der Waals surface area contributed by atoms with E-state index in [1.165, 1.54) is 24.3 Å². The summed E-state index contributed by atoms with van der Waals surface area (Å²) in [5.74, 6) is -0.907. The molecule has 0 radical (unpaired) electrons. The van der Waals surface area contributed by atoms with Gasteiger partial charge in [-0.1, -0.05) is 0 Å². The standard InChI is InChI=1S/C15H19FN2O4/c16-12-3-1-11(2-4-12)15(20)17-6-5-14(19)18-9-13-10-21-7-8-22-13/h1-4,13H,5-10H2,(H,17,20)(H,18,19)/t13-/m1/s1. The summed E-state index contributed by atoms with van der Waals surface area (Å²) in [7, 11) is 0. The van der Waals surface area contributed by atoms with Crippen molar-refractivity contribution in [1.82, 2.24) is 10.6 Å². The molecule has 0 aromatic heterocycles. The van der Waals surface area contributed by atoms with Gasteiger partial charge < -0.3 is 20.1 Å². The zero-order valence-corrected chi connectivity index (χ0v) is 12.1. The van der Waals surface area contributed by atoms with Crippen LogP contribution in [0.4, 0.5) is 4.39 Å². The van der Waals surface area contributed by atoms with Gasteiger partial charge in [0.05, 0.1) is 25.9 Å². The Morgan fingerprint density at radius 1 is 1.18 bits per heavy atom. The molecule has 0 bridgehead atoms. The highest BCUT2D eigenvalue weighted by Gasteiger charge is 2.15. The second-order valence-corrected chi connectivity index (χ2v) is 4.88. The van der Waals surface area contributed by atoms with Crippen LogP contribution in [0.15, 0.2) is 24.3 Å². The Bertz CT molecular complexity index is 501. The molecule has 0 aliphatic carbocycles. The maximum atomic E-state index is 12.7. The molecular weight excluding hydrogens is 291 g/mol. The van der Waals surface area contributed by atoms with Crippen LogP contribution >= 0.6 is 0 Å². The summed E-state index contributed by atoms with van der Waals surface area (Å²) in [5, 5.41) is 5.34. The van der Waals surface area contributed by atoms with Crippen molar-refractivity contribution in [3.8, 4) is 0 Å². The topological polar surface area (TPSA) is 76.7 Å². The van der Waals surface area contributed by atoms with Gasteiger partial charge in [0.25, 0.3) is 5.91 Å². The van der Waals surface area contributed by atoms with Crippen LogP contribution in [-0.4, -0.2) is 50.8 Å². The molecule has 1 heterocycles. The third-order valence-corrected chi connectivity index (χ3v) is 3.16. The molecule has 120 valence electrons. The lowest BCUT2D eigenvalue weighted by Gasteiger charge is -2.23. The van der Waals surface area contributed by atoms with Crippen LogP contribution < -0.4 is 10.6 Å². The third-order valence-electron chi connectivity index (χ3n) is 3.16. The van der Waals surface area contributed by atoms with Crippen LogP contribution in [0.3, 0.4) is 0 Å². The molecular formula is C15H19FN2O4. The molecule has 1 aliphatic heterocycles. The van der Waals surface area contributed by atoms with E-state index in [0.29, 0.717) is 31.9 Å². The van der Waals surface area contributed by atoms with Crippen molar-refractivity contribution >= 4 is 11.8 Å². The summed E-state index contributed by atoms with van der Waals surface area (Å²) in [4.78, 5) is 23.4. The molecule has 0 unspecified atom stereocenters. The van der Waals surface area contributed by atoms with Crippen molar-refractivity contribution in [3.05, 3.63) is 35.6 Å². The zero-order valence-electron chi connectivity index (χ0n) is 12.1. The van der Waals surface area contributed by atoms with Gasteiger partial charge >= 0.3 is 0 Å². The summed E-state index contributed by atoms with van der Waals surface area (Å²) < 4.78 is 23.4. The van der Waals surface area contributed by atoms with Gasteiger partial charge in [0, 0.05) is 25.1 Å². The van der Waals surface area contributed by atoms with Crippen molar-refractivity contribution in [3.63, 3.8) is 0 Å². The lowest BCUT2D eigenvalue weighted by molar-refractivity contribution is -0.123. The van der Waals surface area contributed by atoms with Gasteiger partial charge in [0.15, 0.2) is 0 Å². The first-order valence-corrected chi connectivity index (χ1v) is 7.15. The number of nitrogens with one attached hydrogen (secondary N) is 2. The van der Waals surface area contributed by atoms with E-state index in [-0.39, 0.29) is 30.9 Å². The molecule has 6 nitrogen and oxygen atoms in total. The fourth-order valence-electron chi connectivity index (χ4n) is 1.96. The first-order valence-electron chi connectivity index (χ1n) is 7.15. The molecule has 0 spiro atoms. The third kappa shape index (κ3) is 5.42. The van der Waals surface area contributed by atoms with Crippen LogP contribution in [0.1, 0.15) is 16.8 Å². The van der Waals surface area contributed by atoms with Gasteiger partial charge in [0.1, 0.15) is 5.82 Å². The summed E-state index contributed by atoms with van der Waals surface area (Å²) in [5.41, 5.74) is 0.356. The van der Waals surface area contributed by atoms with E-state index >= 15 is 0 Å². The molecule has 1 atom stereocenters. The highest BCUT2D eigenvalue weighted by molar-refractivity contribution is 5.94. The first kappa shape index (κ1) is 16.4. The number of hydrogen-bond acceptors (Lipinski definition) is 4. The molecule has 22 heavy (non-hydrogen) atoms. The van der Waals surface area contributed by atoms with Gasteiger partial charge in [-0.05, 0) is 24.3 Å². The van der Waals surface area contributed by atoms with Crippen LogP contribution in [-0.2, 0) is 14.3 Å². The van der Waals surface area contributed by atoms with Crippen molar-refractivity contribution in [2.24, 2.45) is 0 Å². The molecule has 2 amide bonds. The molecule has 2 N–H and O–H groups in total. The molecule has 0 saturated carbocycles. The van der Waals surface area contributed by atoms with E-state index < -0.39 is 5.82 Å². The molecule has 1 aromatic rings. The largest absolute Gasteiger partial charge is 0.376 e. The maximum Gasteiger partial charge on any atom is 0.251 e. The number of carbonyl (C=O) groups is 2. The van der Waals surface area contributed by atoms with E-state index in [2.05, 4.69) is 10.6 Å². The summed E-state index contributed by atoms with van der Waals surface area (Å²) in [6, 6.07) is 5.22. The minimum Gasteiger partial charge on any atom is -0.376 e. The van der Waals surface area contributed by atoms with Gasteiger partial charge in [-0.25, -0.2) is 4.39 Å². The van der Waals surface area contributed by atoms with Crippen molar-refractivity contribution in [2.75, 3.05) is 32.9 Å². The lowest BCUT2D eigenvalue weighted by atomic mass is 10.2. The van der Waals surface area contributed by atoms with E-state index in [4.69, 9.17) is 9.47 Å². The fourth-order valence-corrected chi connectivity index (χ4v) is 1.96. The SMILES string of the molecule is O=C(CCNC(=O)c1ccc(F)cc1)NC[C@@H]1COCCO1. The zero-order chi connectivity index (χ0) is 15.8. The van der Waals surface area contributed by atoms with Crippen molar-refractivity contribution < 1.29 is 23.5 Å². The number of hydrogen-bond donors (Lipinski definition) is 2. The van der Waals surface area contributed by atoms with E-state index in [1.807, 2.05) is 0 Å². The molecule has 2 rings (SSSR count). The molecule has 7 heteroatoms. The van der Waals surface area contributed by atoms with Gasteiger partial charge in [-0.15, -0.1) is 0 Å². The number of carbonyl (C=O) groups excluding carboxylic acids is 2. The molecule has 1 aromatic carbocycles. The second-order valence-electron chi connectivity index (χ2n) is 4.88. The highest BCUT2D eigenvalue weighted by Crippen LogP contribution is 2.02. The Morgan fingerprint density at radius 3 is 2.64 bits per heavy atom. The Balaban J connectivity index is 1.61. The average Bonchev–Trinajstić information content (AvgIpc) is 2.54. The van der Waals surface area contributed by atoms with Gasteiger partial charge in [0.2, 0.25) is 5.91 Å². The Kier molecular flexibility index (Phi) is 6.29. The van der Waals surface area contributed by atoms with Crippen molar-refractivity contribution in [2.45, 2.75) is 12.5 Å².